The number of nitrogens with zero attached hydrogens (tertiary/aromatic N) is 2. The molecule has 1 aliphatic heterocycles. The maximum Gasteiger partial charge on any atom is 0.280 e. The van der Waals surface area contributed by atoms with Gasteiger partial charge in [0.05, 0.1) is 6.61 Å². The molecule has 2 heterocycles. The van der Waals surface area contributed by atoms with Gasteiger partial charge >= 0.3 is 0 Å². The van der Waals surface area contributed by atoms with E-state index in [0.29, 0.717) is 19.1 Å². The second-order valence-corrected chi connectivity index (χ2v) is 8.84. The number of quaternary nitrogens is 1. The van der Waals surface area contributed by atoms with Gasteiger partial charge in [-0.05, 0) is 82.0 Å². The van der Waals surface area contributed by atoms with E-state index in [0.717, 1.165) is 29.5 Å². The van der Waals surface area contributed by atoms with Crippen LogP contribution in [0.25, 0.3) is 17.2 Å². The molecule has 2 N–H and O–H groups in total. The molecule has 1 aliphatic carbocycles. The quantitative estimate of drug-likeness (QED) is 0.524. The molecule has 2 aliphatic rings. The van der Waals surface area contributed by atoms with E-state index < -0.39 is 0 Å². The summed E-state index contributed by atoms with van der Waals surface area (Å²) in [4.78, 5) is 4.09. The van der Waals surface area contributed by atoms with E-state index in [-0.39, 0.29) is 0 Å². The van der Waals surface area contributed by atoms with Crippen molar-refractivity contribution in [2.45, 2.75) is 26.4 Å². The number of aryl methyl sites for hydroxylation is 1. The minimum absolute atomic E-state index is 0.460. The van der Waals surface area contributed by atoms with Gasteiger partial charge in [0.1, 0.15) is 18.4 Å². The first-order valence-electron chi connectivity index (χ1n) is 11.9. The molecule has 5 nitrogen and oxygen atoms in total. The Labute approximate surface area is 206 Å². The fourth-order valence-corrected chi connectivity index (χ4v) is 4.69. The van der Waals surface area contributed by atoms with Gasteiger partial charge in [-0.2, -0.15) is 5.43 Å². The molecule has 0 saturated carbocycles. The second kappa shape index (κ2) is 10.6. The summed E-state index contributed by atoms with van der Waals surface area (Å²) < 4.78 is 11.7. The lowest BCUT2D eigenvalue weighted by Crippen LogP contribution is -2.69. The third-order valence-electron chi connectivity index (χ3n) is 6.47. The molecule has 0 radical (unpaired) electrons. The third-order valence-corrected chi connectivity index (χ3v) is 6.47. The Morgan fingerprint density at radius 1 is 0.886 bits per heavy atom. The summed E-state index contributed by atoms with van der Waals surface area (Å²) in [6.07, 6.45) is 9.89. The van der Waals surface area contributed by atoms with Crippen LogP contribution < -0.4 is 5.43 Å². The van der Waals surface area contributed by atoms with Crippen LogP contribution in [0.1, 0.15) is 41.2 Å². The number of rotatable bonds is 6. The zero-order chi connectivity index (χ0) is 24.0. The van der Waals surface area contributed by atoms with Crippen molar-refractivity contribution in [2.75, 3.05) is 13.7 Å². The Bertz CT molecular complexity index is 1320. The summed E-state index contributed by atoms with van der Waals surface area (Å²) >= 11 is 0. The lowest BCUT2D eigenvalue weighted by atomic mass is 9.86. The van der Waals surface area contributed by atoms with Crippen LogP contribution in [0.15, 0.2) is 95.5 Å². The Kier molecular flexibility index (Phi) is 6.98. The fourth-order valence-electron chi connectivity index (χ4n) is 4.69. The van der Waals surface area contributed by atoms with Gasteiger partial charge in [-0.25, -0.2) is 0 Å². The lowest BCUT2D eigenvalue weighted by molar-refractivity contribution is -0.590. The Morgan fingerprint density at radius 3 is 2.49 bits per heavy atom. The van der Waals surface area contributed by atoms with Crippen molar-refractivity contribution in [3.63, 3.8) is 0 Å². The number of allylic oxidation sites excluding steroid dienone is 1. The molecular weight excluding hydrogens is 434 g/mol. The lowest BCUT2D eigenvalue weighted by Gasteiger charge is -2.21. The maximum absolute atomic E-state index is 6.08. The van der Waals surface area contributed by atoms with Crippen molar-refractivity contribution < 1.29 is 14.9 Å². The van der Waals surface area contributed by atoms with Crippen LogP contribution in [-0.4, -0.2) is 24.6 Å². The largest absolute Gasteiger partial charge is 0.469 e. The highest BCUT2D eigenvalue weighted by atomic mass is 16.5. The van der Waals surface area contributed by atoms with Crippen LogP contribution in [0.2, 0.25) is 0 Å². The number of nitrogens with two attached hydrogens (primary N) is 1. The van der Waals surface area contributed by atoms with Crippen molar-refractivity contribution >= 4 is 23.1 Å². The average molecular weight is 465 g/mol. The number of hydrogen-bond acceptors (Lipinski definition) is 4. The van der Waals surface area contributed by atoms with Crippen LogP contribution in [0.5, 0.6) is 0 Å². The molecule has 0 bridgehead atoms. The molecule has 176 valence electrons. The van der Waals surface area contributed by atoms with Gasteiger partial charge in [0, 0.05) is 19.5 Å². The molecule has 5 rings (SSSR count). The first-order chi connectivity index (χ1) is 17.2. The molecule has 3 aromatic rings. The van der Waals surface area contributed by atoms with Crippen LogP contribution in [0.4, 0.5) is 0 Å². The van der Waals surface area contributed by atoms with Crippen molar-refractivity contribution in [3.05, 3.63) is 118 Å². The first-order valence-corrected chi connectivity index (χ1v) is 11.9. The van der Waals surface area contributed by atoms with E-state index >= 15 is 0 Å². The predicted molar refractivity (Wildman–Crippen MR) is 140 cm³/mol. The number of pyridine rings is 1. The summed E-state index contributed by atoms with van der Waals surface area (Å²) in [7, 11) is 1.76. The molecule has 5 heteroatoms. The fraction of sp³-hybridized carbons (Fsp3) is 0.200. The number of hydrogen-bond donors (Lipinski definition) is 1. The SMILES string of the molecule is COCC1=C/c2ccccc2CC\C(C)=C\1c1ccc(COC2=N[NH2+]C=C2c2ccncc2)cc1. The predicted octanol–water partition coefficient (Wildman–Crippen LogP) is 4.98. The molecule has 0 atom stereocenters. The van der Waals surface area contributed by atoms with Crippen LogP contribution >= 0.6 is 0 Å². The van der Waals surface area contributed by atoms with Gasteiger partial charge in [-0.1, -0.05) is 54.1 Å². The average Bonchev–Trinajstić information content (AvgIpc) is 3.36. The number of benzene rings is 2. The van der Waals surface area contributed by atoms with E-state index in [1.165, 1.54) is 33.4 Å². The van der Waals surface area contributed by atoms with Gasteiger partial charge in [0.25, 0.3) is 5.90 Å². The monoisotopic (exact) mass is 464 g/mol. The number of aromatic nitrogens is 1. The standard InChI is InChI=1S/C30H29N3O2/c1-21-7-10-23-5-3-4-6-26(23)17-27(20-34-2)29(21)25-11-8-22(9-12-25)19-35-30-28(18-32-33-30)24-13-15-31-16-14-24/h3-6,8-9,11-18H,7,10,19-20H2,1-2H3,(H,32,33)/p+1/b27-17-,29-21+. The summed E-state index contributed by atoms with van der Waals surface area (Å²) in [5.41, 5.74) is 12.7. The van der Waals surface area contributed by atoms with Gasteiger partial charge in [0.15, 0.2) is 0 Å². The summed E-state index contributed by atoms with van der Waals surface area (Å²) in [6, 6.07) is 21.2. The molecule has 0 spiro atoms. The minimum atomic E-state index is 0.460. The Balaban J connectivity index is 1.35. The molecule has 0 unspecified atom stereocenters. The van der Waals surface area contributed by atoms with Crippen LogP contribution in [0, 0.1) is 0 Å². The van der Waals surface area contributed by atoms with E-state index in [1.54, 1.807) is 24.9 Å². The molecular formula is C30H30N3O2+. The van der Waals surface area contributed by atoms with Crippen LogP contribution in [-0.2, 0) is 22.5 Å². The highest BCUT2D eigenvalue weighted by Gasteiger charge is 2.20. The molecule has 0 saturated heterocycles. The second-order valence-electron chi connectivity index (χ2n) is 8.84. The van der Waals surface area contributed by atoms with Gasteiger partial charge in [-0.3, -0.25) is 4.98 Å². The highest BCUT2D eigenvalue weighted by Crippen LogP contribution is 2.34. The number of fused-ring (bicyclic) bond motifs is 1. The van der Waals surface area contributed by atoms with E-state index in [1.807, 2.05) is 18.3 Å². The van der Waals surface area contributed by atoms with E-state index in [4.69, 9.17) is 9.47 Å². The molecule has 0 fully saturated rings. The Morgan fingerprint density at radius 2 is 1.69 bits per heavy atom. The van der Waals surface area contributed by atoms with Crippen molar-refractivity contribution in [2.24, 2.45) is 5.10 Å². The highest BCUT2D eigenvalue weighted by molar-refractivity contribution is 6.19. The van der Waals surface area contributed by atoms with Crippen molar-refractivity contribution in [1.29, 1.82) is 0 Å². The van der Waals surface area contributed by atoms with Crippen molar-refractivity contribution in [3.8, 4) is 0 Å². The number of ether oxygens (including phenoxy) is 2. The van der Waals surface area contributed by atoms with Gasteiger partial charge in [-0.15, -0.1) is 0 Å². The molecule has 2 aromatic carbocycles. The summed E-state index contributed by atoms with van der Waals surface area (Å²) in [5.74, 6) is 0.642. The normalized spacial score (nSPS) is 19.1. The van der Waals surface area contributed by atoms with Crippen LogP contribution in [0.3, 0.4) is 0 Å². The summed E-state index contributed by atoms with van der Waals surface area (Å²) in [5, 5.41) is 4.41. The van der Waals surface area contributed by atoms with Crippen molar-refractivity contribution in [1.82, 2.24) is 4.98 Å². The third kappa shape index (κ3) is 5.16. The number of methoxy groups -OCH3 is 1. The van der Waals surface area contributed by atoms with E-state index in [2.05, 4.69) is 71.6 Å². The summed E-state index contributed by atoms with van der Waals surface area (Å²) in [6.45, 7) is 3.28. The molecule has 35 heavy (non-hydrogen) atoms. The molecule has 0 amide bonds. The van der Waals surface area contributed by atoms with Gasteiger partial charge in [0.2, 0.25) is 0 Å². The zero-order valence-corrected chi connectivity index (χ0v) is 20.2. The topological polar surface area (TPSA) is 60.3 Å². The van der Waals surface area contributed by atoms with E-state index in [9.17, 15) is 0 Å². The Hall–Kier alpha value is -3.80. The molecule has 1 aromatic heterocycles. The maximum atomic E-state index is 6.08. The zero-order valence-electron chi connectivity index (χ0n) is 20.2. The smallest absolute Gasteiger partial charge is 0.280 e. The minimum Gasteiger partial charge on any atom is -0.469 e. The first kappa shape index (κ1) is 23.0. The van der Waals surface area contributed by atoms with Gasteiger partial charge < -0.3 is 9.47 Å².